The molecule has 0 bridgehead atoms. The van der Waals surface area contributed by atoms with Gasteiger partial charge in [0.25, 0.3) is 0 Å². The van der Waals surface area contributed by atoms with Crippen LogP contribution in [0.1, 0.15) is 12.0 Å². The Hall–Kier alpha value is -0.570. The Morgan fingerprint density at radius 1 is 1.16 bits per heavy atom. The summed E-state index contributed by atoms with van der Waals surface area (Å²) in [6.45, 7) is 7.52. The van der Waals surface area contributed by atoms with Gasteiger partial charge in [0, 0.05) is 44.8 Å². The van der Waals surface area contributed by atoms with Crippen molar-refractivity contribution in [3.05, 3.63) is 34.9 Å². The molecule has 25 heavy (non-hydrogen) atoms. The average molecular weight is 480 g/mol. The van der Waals surface area contributed by atoms with Gasteiger partial charge >= 0.3 is 0 Å². The summed E-state index contributed by atoms with van der Waals surface area (Å²) in [5.41, 5.74) is 1.24. The molecule has 0 unspecified atom stereocenters. The highest BCUT2D eigenvalue weighted by Crippen LogP contribution is 2.10. The molecular weight excluding hydrogens is 449 g/mol. The number of nitrogens with one attached hydrogen (secondary N) is 2. The Labute approximate surface area is 174 Å². The molecule has 0 saturated carbocycles. The van der Waals surface area contributed by atoms with Crippen LogP contribution in [-0.4, -0.2) is 75.7 Å². The van der Waals surface area contributed by atoms with Gasteiger partial charge in [-0.25, -0.2) is 0 Å². The van der Waals surface area contributed by atoms with Gasteiger partial charge < -0.3 is 20.4 Å². The monoisotopic (exact) mass is 479 g/mol. The second-order valence-electron chi connectivity index (χ2n) is 6.30. The van der Waals surface area contributed by atoms with Gasteiger partial charge in [0.15, 0.2) is 5.96 Å². The van der Waals surface area contributed by atoms with Gasteiger partial charge in [-0.2, -0.15) is 0 Å². The quantitative estimate of drug-likeness (QED) is 0.373. The van der Waals surface area contributed by atoms with Crippen LogP contribution in [0.4, 0.5) is 0 Å². The van der Waals surface area contributed by atoms with E-state index in [0.717, 1.165) is 50.1 Å². The summed E-state index contributed by atoms with van der Waals surface area (Å²) in [4.78, 5) is 9.22. The Morgan fingerprint density at radius 3 is 2.72 bits per heavy atom. The Bertz CT molecular complexity index is 526. The minimum absolute atomic E-state index is 0. The van der Waals surface area contributed by atoms with Gasteiger partial charge in [0.05, 0.1) is 0 Å². The molecule has 1 saturated heterocycles. The summed E-state index contributed by atoms with van der Waals surface area (Å²) >= 11 is 6.01. The van der Waals surface area contributed by atoms with Crippen molar-refractivity contribution in [3.8, 4) is 0 Å². The van der Waals surface area contributed by atoms with Crippen LogP contribution in [0.25, 0.3) is 0 Å². The lowest BCUT2D eigenvalue weighted by molar-refractivity contribution is 0.280. The molecule has 1 aromatic carbocycles. The van der Waals surface area contributed by atoms with E-state index >= 15 is 0 Å². The third-order valence-electron chi connectivity index (χ3n) is 4.35. The number of guanidine groups is 1. The lowest BCUT2D eigenvalue weighted by atomic mass is 10.1. The third kappa shape index (κ3) is 9.08. The van der Waals surface area contributed by atoms with Gasteiger partial charge in [-0.05, 0) is 50.7 Å². The number of likely N-dealkylation sites (N-methyl/N-ethyl adjacent to an activating group) is 1. The van der Waals surface area contributed by atoms with Crippen LogP contribution in [0.15, 0.2) is 29.3 Å². The van der Waals surface area contributed by atoms with Crippen LogP contribution in [-0.2, 0) is 6.42 Å². The molecule has 142 valence electrons. The minimum Gasteiger partial charge on any atom is -0.356 e. The van der Waals surface area contributed by atoms with E-state index in [9.17, 15) is 0 Å². The molecule has 0 radical (unpaired) electrons. The van der Waals surface area contributed by atoms with Gasteiger partial charge in [0.2, 0.25) is 0 Å². The van der Waals surface area contributed by atoms with Gasteiger partial charge in [-0.3, -0.25) is 4.99 Å². The van der Waals surface area contributed by atoms with Crippen molar-refractivity contribution in [2.24, 2.45) is 4.99 Å². The average Bonchev–Trinajstić information content (AvgIpc) is 2.78. The fourth-order valence-electron chi connectivity index (χ4n) is 2.89. The second-order valence-corrected chi connectivity index (χ2v) is 6.74. The number of hydrogen-bond acceptors (Lipinski definition) is 3. The van der Waals surface area contributed by atoms with Crippen molar-refractivity contribution in [2.45, 2.75) is 12.8 Å². The Kier molecular flexibility index (Phi) is 11.4. The molecule has 0 aliphatic carbocycles. The smallest absolute Gasteiger partial charge is 0.191 e. The molecule has 5 nitrogen and oxygen atoms in total. The molecule has 0 aromatic heterocycles. The molecule has 2 N–H and O–H groups in total. The lowest BCUT2D eigenvalue weighted by Crippen LogP contribution is -2.42. The zero-order valence-electron chi connectivity index (χ0n) is 15.3. The van der Waals surface area contributed by atoms with Crippen LogP contribution >= 0.6 is 35.6 Å². The molecule has 1 aliphatic rings. The maximum atomic E-state index is 6.01. The van der Waals surface area contributed by atoms with E-state index in [1.54, 1.807) is 0 Å². The first-order valence-electron chi connectivity index (χ1n) is 8.77. The fraction of sp³-hybridized carbons (Fsp3) is 0.611. The van der Waals surface area contributed by atoms with E-state index in [2.05, 4.69) is 38.5 Å². The minimum atomic E-state index is 0. The standard InChI is InChI=1S/C18H30ClN5.HI/c1-20-18(21-8-7-16-5-3-6-17(19)15-16)22-9-12-24-11-4-10-23(2)13-14-24;/h3,5-6,15H,4,7-14H2,1-2H3,(H2,20,21,22);1H. The summed E-state index contributed by atoms with van der Waals surface area (Å²) in [6.07, 6.45) is 2.18. The summed E-state index contributed by atoms with van der Waals surface area (Å²) in [6, 6.07) is 8.00. The highest BCUT2D eigenvalue weighted by Gasteiger charge is 2.11. The first-order valence-corrected chi connectivity index (χ1v) is 9.15. The number of benzene rings is 1. The predicted octanol–water partition coefficient (Wildman–Crippen LogP) is 2.30. The number of rotatable bonds is 6. The number of hydrogen-bond donors (Lipinski definition) is 2. The molecule has 1 fully saturated rings. The van der Waals surface area contributed by atoms with Gasteiger partial charge in [-0.15, -0.1) is 24.0 Å². The summed E-state index contributed by atoms with van der Waals surface area (Å²) in [5.74, 6) is 0.865. The SMILES string of the molecule is CN=C(NCCc1cccc(Cl)c1)NCCN1CCCN(C)CC1.I. The lowest BCUT2D eigenvalue weighted by Gasteiger charge is -2.21. The second kappa shape index (κ2) is 12.7. The van der Waals surface area contributed by atoms with Crippen molar-refractivity contribution in [1.29, 1.82) is 0 Å². The van der Waals surface area contributed by atoms with E-state index in [1.165, 1.54) is 25.1 Å². The predicted molar refractivity (Wildman–Crippen MR) is 118 cm³/mol. The molecule has 0 amide bonds. The third-order valence-corrected chi connectivity index (χ3v) is 4.59. The normalized spacial score (nSPS) is 16.8. The Morgan fingerprint density at radius 2 is 1.96 bits per heavy atom. The zero-order chi connectivity index (χ0) is 17.2. The molecule has 1 aromatic rings. The number of aliphatic imine (C=N–C) groups is 1. The summed E-state index contributed by atoms with van der Waals surface area (Å²) in [7, 11) is 4.02. The van der Waals surface area contributed by atoms with E-state index < -0.39 is 0 Å². The topological polar surface area (TPSA) is 42.9 Å². The molecular formula is C18H31ClIN5. The number of nitrogens with zero attached hydrogens (tertiary/aromatic N) is 3. The molecule has 1 aliphatic heterocycles. The van der Waals surface area contributed by atoms with Crippen LogP contribution < -0.4 is 10.6 Å². The molecule has 0 atom stereocenters. The van der Waals surface area contributed by atoms with Crippen LogP contribution in [0.3, 0.4) is 0 Å². The van der Waals surface area contributed by atoms with Crippen molar-refractivity contribution >= 4 is 41.5 Å². The first kappa shape index (κ1) is 22.5. The molecule has 1 heterocycles. The van der Waals surface area contributed by atoms with E-state index in [1.807, 2.05) is 25.2 Å². The highest BCUT2D eigenvalue weighted by atomic mass is 127. The summed E-state index contributed by atoms with van der Waals surface area (Å²) in [5, 5.41) is 7.56. The van der Waals surface area contributed by atoms with Crippen molar-refractivity contribution in [2.75, 3.05) is 59.9 Å². The fourth-order valence-corrected chi connectivity index (χ4v) is 3.11. The van der Waals surface area contributed by atoms with Crippen LogP contribution in [0.2, 0.25) is 5.02 Å². The van der Waals surface area contributed by atoms with Crippen LogP contribution in [0, 0.1) is 0 Å². The first-order chi connectivity index (χ1) is 11.7. The van der Waals surface area contributed by atoms with Crippen molar-refractivity contribution in [1.82, 2.24) is 20.4 Å². The van der Waals surface area contributed by atoms with Crippen molar-refractivity contribution in [3.63, 3.8) is 0 Å². The molecule has 2 rings (SSSR count). The maximum absolute atomic E-state index is 6.01. The van der Waals surface area contributed by atoms with E-state index in [0.29, 0.717) is 0 Å². The van der Waals surface area contributed by atoms with Gasteiger partial charge in [-0.1, -0.05) is 23.7 Å². The van der Waals surface area contributed by atoms with E-state index in [-0.39, 0.29) is 24.0 Å². The zero-order valence-corrected chi connectivity index (χ0v) is 18.4. The highest BCUT2D eigenvalue weighted by molar-refractivity contribution is 14.0. The van der Waals surface area contributed by atoms with Crippen LogP contribution in [0.5, 0.6) is 0 Å². The largest absolute Gasteiger partial charge is 0.356 e. The molecule has 0 spiro atoms. The number of halogens is 2. The maximum Gasteiger partial charge on any atom is 0.191 e. The Balaban J connectivity index is 0.00000312. The molecule has 7 heteroatoms. The van der Waals surface area contributed by atoms with Crippen molar-refractivity contribution < 1.29 is 0 Å². The summed E-state index contributed by atoms with van der Waals surface area (Å²) < 4.78 is 0. The van der Waals surface area contributed by atoms with Gasteiger partial charge in [0.1, 0.15) is 0 Å². The van der Waals surface area contributed by atoms with E-state index in [4.69, 9.17) is 11.6 Å².